The van der Waals surface area contributed by atoms with E-state index in [1.54, 1.807) is 13.8 Å². The van der Waals surface area contributed by atoms with Crippen LogP contribution in [0.25, 0.3) is 0 Å². The van der Waals surface area contributed by atoms with Crippen molar-refractivity contribution in [2.75, 3.05) is 6.54 Å². The minimum Gasteiger partial charge on any atom is -0.480 e. The molecule has 0 spiro atoms. The first-order chi connectivity index (χ1) is 12.4. The van der Waals surface area contributed by atoms with Gasteiger partial charge in [-0.3, -0.25) is 9.59 Å². The van der Waals surface area contributed by atoms with Crippen LogP contribution in [0.3, 0.4) is 0 Å². The number of benzene rings is 1. The molecule has 0 heterocycles. The van der Waals surface area contributed by atoms with Gasteiger partial charge in [0.1, 0.15) is 6.04 Å². The second kappa shape index (κ2) is 9.50. The molecule has 0 radical (unpaired) electrons. The molecule has 2 amide bonds. The lowest BCUT2D eigenvalue weighted by Crippen LogP contribution is -2.46. The van der Waals surface area contributed by atoms with Crippen LogP contribution in [0.15, 0.2) is 29.2 Å². The van der Waals surface area contributed by atoms with Crippen LogP contribution in [0.4, 0.5) is 0 Å². The summed E-state index contributed by atoms with van der Waals surface area (Å²) in [7, 11) is -3.43. The van der Waals surface area contributed by atoms with E-state index in [0.29, 0.717) is 0 Å². The Labute approximate surface area is 159 Å². The van der Waals surface area contributed by atoms with Gasteiger partial charge >= 0.3 is 5.97 Å². The van der Waals surface area contributed by atoms with Gasteiger partial charge in [0, 0.05) is 5.56 Å². The van der Waals surface area contributed by atoms with Gasteiger partial charge in [0.15, 0.2) is 9.84 Å². The lowest BCUT2D eigenvalue weighted by atomic mass is 10.0. The number of sulfone groups is 1. The summed E-state index contributed by atoms with van der Waals surface area (Å²) in [5.74, 6) is -2.23. The SMILES string of the molecule is CC(C)C[C@H](NC(=O)CNC(=O)c1ccc(S(=O)(=O)C(C)C)cc1)C(=O)O. The lowest BCUT2D eigenvalue weighted by Gasteiger charge is -2.16. The number of nitrogens with one attached hydrogen (secondary N) is 2. The molecule has 150 valence electrons. The van der Waals surface area contributed by atoms with Crippen molar-refractivity contribution in [1.29, 1.82) is 0 Å². The van der Waals surface area contributed by atoms with Crippen LogP contribution < -0.4 is 10.6 Å². The van der Waals surface area contributed by atoms with Gasteiger partial charge in [0.2, 0.25) is 5.91 Å². The van der Waals surface area contributed by atoms with E-state index >= 15 is 0 Å². The molecule has 1 aromatic carbocycles. The number of carbonyl (C=O) groups excluding carboxylic acids is 2. The van der Waals surface area contributed by atoms with E-state index in [9.17, 15) is 22.8 Å². The summed E-state index contributed by atoms with van der Waals surface area (Å²) in [5, 5.41) is 13.3. The van der Waals surface area contributed by atoms with Crippen LogP contribution in [0.1, 0.15) is 44.5 Å². The van der Waals surface area contributed by atoms with Gasteiger partial charge in [-0.2, -0.15) is 0 Å². The Hall–Kier alpha value is -2.42. The van der Waals surface area contributed by atoms with E-state index in [0.717, 1.165) is 0 Å². The second-order valence-corrected chi connectivity index (χ2v) is 9.39. The number of carboxylic acids is 1. The number of hydrogen-bond acceptors (Lipinski definition) is 5. The van der Waals surface area contributed by atoms with Crippen LogP contribution in [0.5, 0.6) is 0 Å². The third-order valence-electron chi connectivity index (χ3n) is 3.82. The minimum atomic E-state index is -3.43. The average molecular weight is 398 g/mol. The van der Waals surface area contributed by atoms with Crippen LogP contribution in [-0.4, -0.2) is 49.1 Å². The van der Waals surface area contributed by atoms with Crippen LogP contribution in [0.2, 0.25) is 0 Å². The average Bonchev–Trinajstić information content (AvgIpc) is 2.58. The van der Waals surface area contributed by atoms with Gasteiger partial charge < -0.3 is 15.7 Å². The molecule has 0 aliphatic carbocycles. The molecule has 0 aromatic heterocycles. The van der Waals surface area contributed by atoms with E-state index in [1.807, 2.05) is 13.8 Å². The Morgan fingerprint density at radius 3 is 2.04 bits per heavy atom. The van der Waals surface area contributed by atoms with Crippen LogP contribution >= 0.6 is 0 Å². The highest BCUT2D eigenvalue weighted by molar-refractivity contribution is 7.92. The molecule has 0 saturated carbocycles. The monoisotopic (exact) mass is 398 g/mol. The van der Waals surface area contributed by atoms with E-state index in [1.165, 1.54) is 24.3 Å². The lowest BCUT2D eigenvalue weighted by molar-refractivity contribution is -0.142. The Kier molecular flexibility index (Phi) is 7.96. The number of hydrogen-bond donors (Lipinski definition) is 3. The summed E-state index contributed by atoms with van der Waals surface area (Å²) < 4.78 is 24.1. The zero-order valence-electron chi connectivity index (χ0n) is 15.9. The molecule has 0 unspecified atom stereocenters. The number of carboxylic acid groups (broad SMARTS) is 1. The van der Waals surface area contributed by atoms with E-state index < -0.39 is 38.9 Å². The molecule has 1 rings (SSSR count). The fourth-order valence-electron chi connectivity index (χ4n) is 2.27. The van der Waals surface area contributed by atoms with E-state index in [-0.39, 0.29) is 29.3 Å². The molecular weight excluding hydrogens is 372 g/mol. The van der Waals surface area contributed by atoms with Crippen molar-refractivity contribution < 1.29 is 27.9 Å². The Morgan fingerprint density at radius 1 is 1.04 bits per heavy atom. The van der Waals surface area contributed by atoms with Gasteiger partial charge in [0.05, 0.1) is 16.7 Å². The Bertz CT molecular complexity index is 785. The van der Waals surface area contributed by atoms with Crippen molar-refractivity contribution in [2.24, 2.45) is 5.92 Å². The summed E-state index contributed by atoms with van der Waals surface area (Å²) >= 11 is 0. The molecule has 8 nitrogen and oxygen atoms in total. The zero-order chi connectivity index (χ0) is 20.8. The molecule has 27 heavy (non-hydrogen) atoms. The third kappa shape index (κ3) is 6.67. The maximum atomic E-state index is 12.1. The summed E-state index contributed by atoms with van der Waals surface area (Å²) in [5.41, 5.74) is 0.197. The standard InChI is InChI=1S/C18H26N2O6S/c1-11(2)9-15(18(23)24)20-16(21)10-19-17(22)13-5-7-14(8-6-13)27(25,26)12(3)4/h5-8,11-12,15H,9-10H2,1-4H3,(H,19,22)(H,20,21)(H,23,24)/t15-/m0/s1. The summed E-state index contributed by atoms with van der Waals surface area (Å²) in [6, 6.07) is 4.39. The highest BCUT2D eigenvalue weighted by Gasteiger charge is 2.22. The maximum Gasteiger partial charge on any atom is 0.326 e. The van der Waals surface area contributed by atoms with Crippen molar-refractivity contribution in [3.63, 3.8) is 0 Å². The molecule has 0 fully saturated rings. The number of carbonyl (C=O) groups is 3. The largest absolute Gasteiger partial charge is 0.480 e. The molecule has 3 N–H and O–H groups in total. The third-order valence-corrected chi connectivity index (χ3v) is 5.99. The molecule has 0 saturated heterocycles. The molecule has 1 atom stereocenters. The maximum absolute atomic E-state index is 12.1. The van der Waals surface area contributed by atoms with Crippen LogP contribution in [0, 0.1) is 5.92 Å². The number of aliphatic carboxylic acids is 1. The quantitative estimate of drug-likeness (QED) is 0.573. The Balaban J connectivity index is 2.66. The normalized spacial score (nSPS) is 12.7. The zero-order valence-corrected chi connectivity index (χ0v) is 16.7. The molecular formula is C18H26N2O6S. The molecule has 0 bridgehead atoms. The van der Waals surface area contributed by atoms with Crippen molar-refractivity contribution >= 4 is 27.6 Å². The first-order valence-corrected chi connectivity index (χ1v) is 10.1. The van der Waals surface area contributed by atoms with Crippen LogP contribution in [-0.2, 0) is 19.4 Å². The van der Waals surface area contributed by atoms with Crippen molar-refractivity contribution in [1.82, 2.24) is 10.6 Å². The van der Waals surface area contributed by atoms with E-state index in [2.05, 4.69) is 10.6 Å². The fourth-order valence-corrected chi connectivity index (χ4v) is 3.33. The summed E-state index contributed by atoms with van der Waals surface area (Å²) in [4.78, 5) is 35.2. The predicted molar refractivity (Wildman–Crippen MR) is 100 cm³/mol. The smallest absolute Gasteiger partial charge is 0.326 e. The predicted octanol–water partition coefficient (Wildman–Crippen LogP) is 1.21. The van der Waals surface area contributed by atoms with Crippen molar-refractivity contribution in [2.45, 2.75) is 50.3 Å². The second-order valence-electron chi connectivity index (χ2n) is 6.89. The highest BCUT2D eigenvalue weighted by atomic mass is 32.2. The molecule has 0 aliphatic rings. The molecule has 0 aliphatic heterocycles. The number of rotatable bonds is 9. The minimum absolute atomic E-state index is 0.0848. The van der Waals surface area contributed by atoms with Gasteiger partial charge in [-0.25, -0.2) is 13.2 Å². The van der Waals surface area contributed by atoms with Gasteiger partial charge in [0.25, 0.3) is 5.91 Å². The van der Waals surface area contributed by atoms with Crippen molar-refractivity contribution in [3.8, 4) is 0 Å². The molecule has 1 aromatic rings. The van der Waals surface area contributed by atoms with Crippen molar-refractivity contribution in [3.05, 3.63) is 29.8 Å². The Morgan fingerprint density at radius 2 is 1.59 bits per heavy atom. The molecule has 9 heteroatoms. The highest BCUT2D eigenvalue weighted by Crippen LogP contribution is 2.16. The summed E-state index contributed by atoms with van der Waals surface area (Å²) in [6.45, 7) is 6.43. The van der Waals surface area contributed by atoms with Gasteiger partial charge in [-0.15, -0.1) is 0 Å². The van der Waals surface area contributed by atoms with Gasteiger partial charge in [-0.05, 0) is 50.5 Å². The fraction of sp³-hybridized carbons (Fsp3) is 0.500. The first-order valence-electron chi connectivity index (χ1n) is 8.59. The van der Waals surface area contributed by atoms with E-state index in [4.69, 9.17) is 5.11 Å². The summed E-state index contributed by atoms with van der Waals surface area (Å²) in [6.07, 6.45) is 0.279. The topological polar surface area (TPSA) is 130 Å². The van der Waals surface area contributed by atoms with Gasteiger partial charge in [-0.1, -0.05) is 13.8 Å². The number of amides is 2. The first kappa shape index (κ1) is 22.6.